The number of hydrogen-bond acceptors (Lipinski definition) is 5. The van der Waals surface area contributed by atoms with Crippen molar-refractivity contribution in [1.29, 1.82) is 0 Å². The van der Waals surface area contributed by atoms with Gasteiger partial charge in [0.15, 0.2) is 5.13 Å². The molecule has 106 valence electrons. The lowest BCUT2D eigenvalue weighted by molar-refractivity contribution is 0.0605. The van der Waals surface area contributed by atoms with E-state index in [1.54, 1.807) is 0 Å². The van der Waals surface area contributed by atoms with Crippen LogP contribution in [0.15, 0.2) is 0 Å². The third kappa shape index (κ3) is 3.93. The Labute approximate surface area is 118 Å². The zero-order valence-electron chi connectivity index (χ0n) is 11.7. The molecule has 19 heavy (non-hydrogen) atoms. The number of nitrogens with one attached hydrogen (secondary N) is 1. The summed E-state index contributed by atoms with van der Waals surface area (Å²) >= 11 is 1.40. The number of thiazole rings is 1. The van der Waals surface area contributed by atoms with Crippen LogP contribution in [0.1, 0.15) is 60.3 Å². The Balaban J connectivity index is 1.99. The molecular formula is C14H22N2O2S. The molecule has 0 bridgehead atoms. The predicted octanol–water partition coefficient (Wildman–Crippen LogP) is 3.76. The summed E-state index contributed by atoms with van der Waals surface area (Å²) in [7, 11) is 1.41. The lowest BCUT2D eigenvalue weighted by atomic mass is 9.97. The maximum atomic E-state index is 11.6. The number of anilines is 1. The van der Waals surface area contributed by atoms with E-state index in [2.05, 4.69) is 10.3 Å². The van der Waals surface area contributed by atoms with Crippen molar-refractivity contribution in [1.82, 2.24) is 4.98 Å². The number of aromatic nitrogens is 1. The van der Waals surface area contributed by atoms with Crippen LogP contribution in [0.2, 0.25) is 0 Å². The van der Waals surface area contributed by atoms with Crippen molar-refractivity contribution in [2.24, 2.45) is 0 Å². The minimum atomic E-state index is -0.291. The number of methoxy groups -OCH3 is 1. The van der Waals surface area contributed by atoms with Gasteiger partial charge in [0.2, 0.25) is 0 Å². The highest BCUT2D eigenvalue weighted by molar-refractivity contribution is 7.17. The molecule has 0 atom stereocenters. The Morgan fingerprint density at radius 2 is 1.89 bits per heavy atom. The van der Waals surface area contributed by atoms with Crippen LogP contribution in [0.4, 0.5) is 5.13 Å². The largest absolute Gasteiger partial charge is 0.465 e. The summed E-state index contributed by atoms with van der Waals surface area (Å²) in [5, 5.41) is 4.34. The van der Waals surface area contributed by atoms with Gasteiger partial charge in [-0.05, 0) is 19.8 Å². The Bertz CT molecular complexity index is 423. The van der Waals surface area contributed by atoms with Gasteiger partial charge in [-0.15, -0.1) is 0 Å². The molecule has 5 heteroatoms. The Morgan fingerprint density at radius 1 is 1.26 bits per heavy atom. The van der Waals surface area contributed by atoms with E-state index in [0.717, 1.165) is 10.8 Å². The molecule has 1 saturated carbocycles. The highest BCUT2D eigenvalue weighted by Gasteiger charge is 2.18. The average molecular weight is 282 g/mol. The van der Waals surface area contributed by atoms with Crippen molar-refractivity contribution >= 4 is 22.4 Å². The number of carbonyl (C=O) groups excluding carboxylic acids is 1. The van der Waals surface area contributed by atoms with Crippen LogP contribution in [-0.4, -0.2) is 24.1 Å². The molecule has 0 saturated heterocycles. The van der Waals surface area contributed by atoms with E-state index in [4.69, 9.17) is 4.74 Å². The predicted molar refractivity (Wildman–Crippen MR) is 77.9 cm³/mol. The highest BCUT2D eigenvalue weighted by atomic mass is 32.1. The zero-order chi connectivity index (χ0) is 13.7. The number of nitrogens with zero attached hydrogens (tertiary/aromatic N) is 1. The van der Waals surface area contributed by atoms with Crippen LogP contribution in [0.5, 0.6) is 0 Å². The van der Waals surface area contributed by atoms with Crippen LogP contribution >= 0.6 is 11.3 Å². The molecule has 0 aromatic carbocycles. The number of aryl methyl sites for hydroxylation is 1. The van der Waals surface area contributed by atoms with E-state index in [0.29, 0.717) is 10.9 Å². The molecule has 0 amide bonds. The van der Waals surface area contributed by atoms with Crippen LogP contribution in [0.3, 0.4) is 0 Å². The summed E-state index contributed by atoms with van der Waals surface area (Å²) in [6.07, 6.45) is 9.01. The monoisotopic (exact) mass is 282 g/mol. The van der Waals surface area contributed by atoms with Crippen molar-refractivity contribution in [3.63, 3.8) is 0 Å². The molecule has 1 aliphatic carbocycles. The number of carbonyl (C=O) groups is 1. The van der Waals surface area contributed by atoms with Crippen LogP contribution in [-0.2, 0) is 4.74 Å². The van der Waals surface area contributed by atoms with Crippen molar-refractivity contribution in [2.75, 3.05) is 12.4 Å². The van der Waals surface area contributed by atoms with Gasteiger partial charge in [0.25, 0.3) is 0 Å². The molecule has 1 N–H and O–H groups in total. The molecule has 1 fully saturated rings. The van der Waals surface area contributed by atoms with Gasteiger partial charge >= 0.3 is 5.97 Å². The molecule has 0 radical (unpaired) electrons. The minimum absolute atomic E-state index is 0.291. The summed E-state index contributed by atoms with van der Waals surface area (Å²) in [6, 6.07) is 0.497. The standard InChI is InChI=1S/C14H22N2O2S/c1-10-12(13(17)18-2)19-14(15-10)16-11-8-6-4-3-5-7-9-11/h11H,3-9H2,1-2H3,(H,15,16). The first-order chi connectivity index (χ1) is 9.20. The van der Waals surface area contributed by atoms with Gasteiger partial charge in [-0.25, -0.2) is 9.78 Å². The SMILES string of the molecule is COC(=O)c1sc(NC2CCCCCCC2)nc1C. The highest BCUT2D eigenvalue weighted by Crippen LogP contribution is 2.26. The third-order valence-corrected chi connectivity index (χ3v) is 4.67. The summed E-state index contributed by atoms with van der Waals surface area (Å²) in [5.74, 6) is -0.291. The van der Waals surface area contributed by atoms with Gasteiger partial charge < -0.3 is 10.1 Å². The smallest absolute Gasteiger partial charge is 0.350 e. The van der Waals surface area contributed by atoms with Crippen LogP contribution in [0.25, 0.3) is 0 Å². The molecule has 0 unspecified atom stereocenters. The first kappa shape index (κ1) is 14.3. The molecule has 0 spiro atoms. The zero-order valence-corrected chi connectivity index (χ0v) is 12.5. The fourth-order valence-electron chi connectivity index (χ4n) is 2.52. The third-order valence-electron chi connectivity index (χ3n) is 3.60. The molecule has 4 nitrogen and oxygen atoms in total. The first-order valence-electron chi connectivity index (χ1n) is 7.03. The average Bonchev–Trinajstić information content (AvgIpc) is 2.72. The number of rotatable bonds is 3. The van der Waals surface area contributed by atoms with Crippen molar-refractivity contribution in [3.05, 3.63) is 10.6 Å². The van der Waals surface area contributed by atoms with Crippen LogP contribution < -0.4 is 5.32 Å². The van der Waals surface area contributed by atoms with Gasteiger partial charge in [0.1, 0.15) is 4.88 Å². The van der Waals surface area contributed by atoms with Crippen molar-refractivity contribution in [3.8, 4) is 0 Å². The second-order valence-electron chi connectivity index (χ2n) is 5.11. The van der Waals surface area contributed by atoms with Gasteiger partial charge in [-0.1, -0.05) is 43.4 Å². The minimum Gasteiger partial charge on any atom is -0.465 e. The molecule has 1 aromatic heterocycles. The van der Waals surface area contributed by atoms with Crippen LogP contribution in [0, 0.1) is 6.92 Å². The van der Waals surface area contributed by atoms with Gasteiger partial charge in [-0.2, -0.15) is 0 Å². The molecule has 0 aliphatic heterocycles. The maximum Gasteiger partial charge on any atom is 0.350 e. The second-order valence-corrected chi connectivity index (χ2v) is 6.11. The number of ether oxygens (including phenoxy) is 1. The number of esters is 1. The molecule has 1 aliphatic rings. The topological polar surface area (TPSA) is 51.2 Å². The molecule has 2 rings (SSSR count). The van der Waals surface area contributed by atoms with E-state index in [9.17, 15) is 4.79 Å². The van der Waals surface area contributed by atoms with Gasteiger partial charge in [0, 0.05) is 6.04 Å². The Kier molecular flexibility index (Phi) is 5.19. The lowest BCUT2D eigenvalue weighted by Crippen LogP contribution is -2.20. The van der Waals surface area contributed by atoms with Gasteiger partial charge in [-0.3, -0.25) is 0 Å². The van der Waals surface area contributed by atoms with E-state index in [-0.39, 0.29) is 5.97 Å². The molecule has 1 aromatic rings. The van der Waals surface area contributed by atoms with Crippen molar-refractivity contribution in [2.45, 2.75) is 57.9 Å². The summed E-state index contributed by atoms with van der Waals surface area (Å²) < 4.78 is 4.76. The molecular weight excluding hydrogens is 260 g/mol. The molecule has 1 heterocycles. The normalized spacial score (nSPS) is 17.6. The van der Waals surface area contributed by atoms with Crippen molar-refractivity contribution < 1.29 is 9.53 Å². The van der Waals surface area contributed by atoms with Gasteiger partial charge in [0.05, 0.1) is 12.8 Å². The Morgan fingerprint density at radius 3 is 2.53 bits per heavy atom. The fourth-order valence-corrected chi connectivity index (χ4v) is 3.48. The first-order valence-corrected chi connectivity index (χ1v) is 7.84. The fraction of sp³-hybridized carbons (Fsp3) is 0.714. The number of hydrogen-bond donors (Lipinski definition) is 1. The van der Waals surface area contributed by atoms with E-state index >= 15 is 0 Å². The Hall–Kier alpha value is -1.10. The van der Waals surface area contributed by atoms with E-state index < -0.39 is 0 Å². The van der Waals surface area contributed by atoms with E-state index in [1.807, 2.05) is 6.92 Å². The maximum absolute atomic E-state index is 11.6. The summed E-state index contributed by atoms with van der Waals surface area (Å²) in [6.45, 7) is 1.85. The van der Waals surface area contributed by atoms with E-state index in [1.165, 1.54) is 63.4 Å². The lowest BCUT2D eigenvalue weighted by Gasteiger charge is -2.20. The second kappa shape index (κ2) is 6.89. The summed E-state index contributed by atoms with van der Waals surface area (Å²) in [4.78, 5) is 16.6. The quantitative estimate of drug-likeness (QED) is 0.858. The summed E-state index contributed by atoms with van der Waals surface area (Å²) in [5.41, 5.74) is 0.755.